The van der Waals surface area contributed by atoms with E-state index in [1.165, 1.54) is 10.7 Å². The monoisotopic (exact) mass is 540 g/mol. The van der Waals surface area contributed by atoms with Gasteiger partial charge in [-0.2, -0.15) is 18.3 Å². The number of hydrogen-bond donors (Lipinski definition) is 4. The summed E-state index contributed by atoms with van der Waals surface area (Å²) in [5, 5.41) is 23.0. The average molecular weight is 540 g/mol. The molecular formula is C26H20F4N6O3. The van der Waals surface area contributed by atoms with Crippen LogP contribution >= 0.6 is 0 Å². The highest BCUT2D eigenvalue weighted by molar-refractivity contribution is 6.06. The Balaban J connectivity index is 1.57. The maximum absolute atomic E-state index is 14.7. The number of carbonyl (C=O) groups is 2. The minimum absolute atomic E-state index is 0.0400. The number of rotatable bonds is 5. The van der Waals surface area contributed by atoms with Gasteiger partial charge in [0.2, 0.25) is 0 Å². The van der Waals surface area contributed by atoms with Crippen LogP contribution in [0.4, 0.5) is 33.9 Å². The molecule has 0 bridgehead atoms. The van der Waals surface area contributed by atoms with E-state index in [2.05, 4.69) is 26.0 Å². The number of halogens is 4. The SMILES string of the molecule is CC1=C(C(=O)Nc2ccc3cnccc3c2)C(c2ccc(C(F)(F)F)c(F)c2)n2nc(CNC(=O)O)cc2N1. The normalized spacial score (nSPS) is 15.1. The fraction of sp³-hybridized carbons (Fsp3) is 0.154. The van der Waals surface area contributed by atoms with E-state index in [-0.39, 0.29) is 23.4 Å². The predicted octanol–water partition coefficient (Wildman–Crippen LogP) is 5.28. The first-order valence-electron chi connectivity index (χ1n) is 11.6. The Morgan fingerprint density at radius 2 is 1.90 bits per heavy atom. The van der Waals surface area contributed by atoms with Crippen LogP contribution in [0.5, 0.6) is 0 Å². The number of fused-ring (bicyclic) bond motifs is 2. The molecule has 4 aromatic rings. The number of carboxylic acid groups (broad SMARTS) is 1. The van der Waals surface area contributed by atoms with Crippen molar-refractivity contribution < 1.29 is 32.3 Å². The Hall–Kier alpha value is -4.94. The lowest BCUT2D eigenvalue weighted by Crippen LogP contribution is -2.31. The van der Waals surface area contributed by atoms with Crippen LogP contribution < -0.4 is 16.0 Å². The van der Waals surface area contributed by atoms with Crippen molar-refractivity contribution in [3.05, 3.63) is 94.8 Å². The number of hydrogen-bond acceptors (Lipinski definition) is 5. The number of carbonyl (C=O) groups excluding carboxylic acids is 1. The van der Waals surface area contributed by atoms with Crippen molar-refractivity contribution >= 4 is 34.3 Å². The molecule has 2 aromatic heterocycles. The average Bonchev–Trinajstić information content (AvgIpc) is 3.28. The fourth-order valence-electron chi connectivity index (χ4n) is 4.47. The zero-order valence-electron chi connectivity index (χ0n) is 20.2. The first-order valence-corrected chi connectivity index (χ1v) is 11.6. The summed E-state index contributed by atoms with van der Waals surface area (Å²) >= 11 is 0. The summed E-state index contributed by atoms with van der Waals surface area (Å²) in [6.45, 7) is 1.43. The Labute approximate surface area is 218 Å². The fourth-order valence-corrected chi connectivity index (χ4v) is 4.47. The summed E-state index contributed by atoms with van der Waals surface area (Å²) < 4.78 is 55.7. The number of alkyl halides is 3. The zero-order valence-corrected chi connectivity index (χ0v) is 20.2. The molecule has 39 heavy (non-hydrogen) atoms. The number of anilines is 2. The second kappa shape index (κ2) is 9.74. The quantitative estimate of drug-likeness (QED) is 0.256. The molecule has 2 amide bonds. The Kier molecular flexibility index (Phi) is 6.42. The summed E-state index contributed by atoms with van der Waals surface area (Å²) in [7, 11) is 0. The van der Waals surface area contributed by atoms with Gasteiger partial charge in [-0.3, -0.25) is 9.78 Å². The molecule has 13 heteroatoms. The number of amides is 2. The maximum atomic E-state index is 14.7. The molecule has 0 radical (unpaired) electrons. The minimum Gasteiger partial charge on any atom is -0.465 e. The van der Waals surface area contributed by atoms with E-state index in [1.807, 2.05) is 0 Å². The van der Waals surface area contributed by atoms with Crippen LogP contribution in [-0.2, 0) is 17.5 Å². The van der Waals surface area contributed by atoms with Gasteiger partial charge in [0.25, 0.3) is 5.91 Å². The van der Waals surface area contributed by atoms with E-state index < -0.39 is 35.6 Å². The molecule has 5 rings (SSSR count). The standard InChI is InChI=1S/C26H20F4N6O3/c1-13-22(24(37)34-17-4-2-16-11-31-7-6-14(16)8-17)23(15-3-5-19(20(27)9-15)26(28,29)30)36-21(33-13)10-18(35-36)12-32-25(38)39/h2-11,23,32-33H,12H2,1H3,(H,34,37)(H,38,39). The molecule has 3 heterocycles. The highest BCUT2D eigenvalue weighted by Gasteiger charge is 2.37. The molecule has 1 aliphatic heterocycles. The van der Waals surface area contributed by atoms with E-state index in [4.69, 9.17) is 5.11 Å². The van der Waals surface area contributed by atoms with Gasteiger partial charge in [-0.1, -0.05) is 12.1 Å². The molecular weight excluding hydrogens is 520 g/mol. The molecule has 200 valence electrons. The lowest BCUT2D eigenvalue weighted by molar-refractivity contribution is -0.140. The highest BCUT2D eigenvalue weighted by atomic mass is 19.4. The number of allylic oxidation sites excluding steroid dienone is 1. The Bertz CT molecular complexity index is 1650. The highest BCUT2D eigenvalue weighted by Crippen LogP contribution is 2.39. The molecule has 1 atom stereocenters. The third-order valence-corrected chi connectivity index (χ3v) is 6.20. The molecule has 4 N–H and O–H groups in total. The molecule has 9 nitrogen and oxygen atoms in total. The van der Waals surface area contributed by atoms with Gasteiger partial charge in [-0.15, -0.1) is 0 Å². The van der Waals surface area contributed by atoms with Gasteiger partial charge in [0.15, 0.2) is 0 Å². The van der Waals surface area contributed by atoms with Gasteiger partial charge >= 0.3 is 12.3 Å². The van der Waals surface area contributed by atoms with Gasteiger partial charge < -0.3 is 21.1 Å². The van der Waals surface area contributed by atoms with E-state index in [9.17, 15) is 27.2 Å². The van der Waals surface area contributed by atoms with E-state index in [0.29, 0.717) is 23.3 Å². The Morgan fingerprint density at radius 3 is 2.62 bits per heavy atom. The molecule has 0 spiro atoms. The first kappa shape index (κ1) is 25.7. The number of pyridine rings is 1. The zero-order chi connectivity index (χ0) is 27.9. The van der Waals surface area contributed by atoms with Crippen molar-refractivity contribution in [1.29, 1.82) is 0 Å². The molecule has 1 unspecified atom stereocenters. The van der Waals surface area contributed by atoms with E-state index >= 15 is 0 Å². The molecule has 0 fully saturated rings. The van der Waals surface area contributed by atoms with Crippen LogP contribution in [0, 0.1) is 5.82 Å². The van der Waals surface area contributed by atoms with Gasteiger partial charge in [-0.05, 0) is 48.2 Å². The van der Waals surface area contributed by atoms with E-state index in [0.717, 1.165) is 22.9 Å². The smallest absolute Gasteiger partial charge is 0.419 e. The van der Waals surface area contributed by atoms with E-state index in [1.54, 1.807) is 43.6 Å². The molecule has 2 aromatic carbocycles. The largest absolute Gasteiger partial charge is 0.465 e. The topological polar surface area (TPSA) is 121 Å². The first-order chi connectivity index (χ1) is 18.5. The van der Waals surface area contributed by atoms with Gasteiger partial charge in [-0.25, -0.2) is 13.9 Å². The van der Waals surface area contributed by atoms with Gasteiger partial charge in [0, 0.05) is 35.2 Å². The summed E-state index contributed by atoms with van der Waals surface area (Å²) in [5.74, 6) is -1.75. The summed E-state index contributed by atoms with van der Waals surface area (Å²) in [5.41, 5.74) is -0.239. The minimum atomic E-state index is -4.90. The van der Waals surface area contributed by atoms with Crippen molar-refractivity contribution in [2.75, 3.05) is 10.6 Å². The van der Waals surface area contributed by atoms with Crippen LogP contribution in [0.1, 0.15) is 29.8 Å². The van der Waals surface area contributed by atoms with Crippen LogP contribution in [0.15, 0.2) is 72.2 Å². The third kappa shape index (κ3) is 5.10. The second-order valence-electron chi connectivity index (χ2n) is 8.82. The van der Waals surface area contributed by atoms with Crippen LogP contribution in [0.3, 0.4) is 0 Å². The molecule has 0 saturated heterocycles. The van der Waals surface area contributed by atoms with Crippen molar-refractivity contribution in [1.82, 2.24) is 20.1 Å². The molecule has 1 aliphatic rings. The van der Waals surface area contributed by atoms with Crippen LogP contribution in [-0.4, -0.2) is 31.9 Å². The van der Waals surface area contributed by atoms with Gasteiger partial charge in [0.1, 0.15) is 17.7 Å². The van der Waals surface area contributed by atoms with Crippen LogP contribution in [0.2, 0.25) is 0 Å². The lowest BCUT2D eigenvalue weighted by Gasteiger charge is -2.30. The molecule has 0 saturated carbocycles. The number of nitrogens with zero attached hydrogens (tertiary/aromatic N) is 3. The second-order valence-corrected chi connectivity index (χ2v) is 8.82. The lowest BCUT2D eigenvalue weighted by atomic mass is 9.93. The van der Waals surface area contributed by atoms with Crippen molar-refractivity contribution in [3.8, 4) is 0 Å². The van der Waals surface area contributed by atoms with Crippen molar-refractivity contribution in [3.63, 3.8) is 0 Å². The Morgan fingerprint density at radius 1 is 1.10 bits per heavy atom. The van der Waals surface area contributed by atoms with Crippen molar-refractivity contribution in [2.24, 2.45) is 0 Å². The summed E-state index contributed by atoms with van der Waals surface area (Å²) in [6, 6.07) is 9.79. The number of nitrogens with one attached hydrogen (secondary N) is 3. The summed E-state index contributed by atoms with van der Waals surface area (Å²) in [4.78, 5) is 28.6. The number of benzene rings is 2. The third-order valence-electron chi connectivity index (χ3n) is 6.20. The van der Waals surface area contributed by atoms with Crippen LogP contribution in [0.25, 0.3) is 10.8 Å². The number of aromatic nitrogens is 3. The van der Waals surface area contributed by atoms with Crippen molar-refractivity contribution in [2.45, 2.75) is 25.7 Å². The maximum Gasteiger partial charge on any atom is 0.419 e. The predicted molar refractivity (Wildman–Crippen MR) is 133 cm³/mol. The summed E-state index contributed by atoms with van der Waals surface area (Å²) in [6.07, 6.45) is -2.91. The molecule has 0 aliphatic carbocycles. The van der Waals surface area contributed by atoms with Gasteiger partial charge in [0.05, 0.1) is 23.4 Å².